The van der Waals surface area contributed by atoms with Gasteiger partial charge in [-0.25, -0.2) is 0 Å². The Kier molecular flexibility index (Phi) is 7.12. The highest BCUT2D eigenvalue weighted by Gasteiger charge is 2.49. The van der Waals surface area contributed by atoms with E-state index >= 15 is 0 Å². The molecule has 6 nitrogen and oxygen atoms in total. The topological polar surface area (TPSA) is 78.9 Å². The van der Waals surface area contributed by atoms with Gasteiger partial charge in [-0.3, -0.25) is 14.4 Å². The molecule has 0 amide bonds. The Labute approximate surface area is 140 Å². The molecule has 0 spiro atoms. The Balaban J connectivity index is 3.08. The zero-order valence-electron chi connectivity index (χ0n) is 12.0. The fourth-order valence-corrected chi connectivity index (χ4v) is 3.90. The zero-order chi connectivity index (χ0) is 16.2. The molecule has 0 radical (unpaired) electrons. The summed E-state index contributed by atoms with van der Waals surface area (Å²) in [5.41, 5.74) is 0. The Morgan fingerprint density at radius 1 is 0.905 bits per heavy atom. The maximum atomic E-state index is 11.3. The number of rotatable bonds is 4. The molecule has 1 aliphatic carbocycles. The second kappa shape index (κ2) is 8.12. The molecule has 0 bridgehead atoms. The number of esters is 3. The predicted molar refractivity (Wildman–Crippen MR) is 81.3 cm³/mol. The first-order valence-corrected chi connectivity index (χ1v) is 8.51. The van der Waals surface area contributed by atoms with E-state index in [4.69, 9.17) is 14.2 Å². The first-order valence-electron chi connectivity index (χ1n) is 6.48. The van der Waals surface area contributed by atoms with E-state index in [0.29, 0.717) is 11.8 Å². The molecule has 1 aliphatic rings. The van der Waals surface area contributed by atoms with Crippen LogP contribution in [0.15, 0.2) is 0 Å². The summed E-state index contributed by atoms with van der Waals surface area (Å²) >= 11 is 6.83. The molecule has 0 N–H and O–H groups in total. The van der Waals surface area contributed by atoms with Crippen molar-refractivity contribution in [2.24, 2.45) is 5.92 Å². The van der Waals surface area contributed by atoms with Gasteiger partial charge >= 0.3 is 17.9 Å². The van der Waals surface area contributed by atoms with Crippen LogP contribution in [0.1, 0.15) is 27.2 Å². The van der Waals surface area contributed by atoms with Gasteiger partial charge in [0.2, 0.25) is 0 Å². The van der Waals surface area contributed by atoms with Gasteiger partial charge in [-0.15, -0.1) is 0 Å². The van der Waals surface area contributed by atoms with Crippen LogP contribution in [-0.4, -0.2) is 46.4 Å². The lowest BCUT2D eigenvalue weighted by Crippen LogP contribution is -2.56. The van der Waals surface area contributed by atoms with Gasteiger partial charge in [-0.05, 0) is 6.42 Å². The third kappa shape index (κ3) is 5.25. The summed E-state index contributed by atoms with van der Waals surface area (Å²) in [6, 6.07) is 0. The second-order valence-corrected chi connectivity index (χ2v) is 6.71. The van der Waals surface area contributed by atoms with Gasteiger partial charge in [0.15, 0.2) is 12.2 Å². The van der Waals surface area contributed by atoms with Crippen LogP contribution in [0.2, 0.25) is 0 Å². The van der Waals surface area contributed by atoms with Crippen LogP contribution in [0.3, 0.4) is 0 Å². The van der Waals surface area contributed by atoms with E-state index < -0.39 is 36.2 Å². The Bertz CT molecular complexity index is 413. The minimum Gasteiger partial charge on any atom is -0.458 e. The highest BCUT2D eigenvalue weighted by atomic mass is 79.9. The number of hydrogen-bond donors (Lipinski definition) is 0. The molecule has 0 aromatic heterocycles. The van der Waals surface area contributed by atoms with Crippen molar-refractivity contribution in [3.8, 4) is 0 Å². The van der Waals surface area contributed by atoms with E-state index in [1.54, 1.807) is 0 Å². The van der Waals surface area contributed by atoms with Crippen molar-refractivity contribution >= 4 is 49.8 Å². The number of alkyl halides is 2. The van der Waals surface area contributed by atoms with Crippen LogP contribution >= 0.6 is 31.9 Å². The Morgan fingerprint density at radius 2 is 1.33 bits per heavy atom. The molecule has 0 unspecified atom stereocenters. The summed E-state index contributed by atoms with van der Waals surface area (Å²) in [4.78, 5) is 33.7. The molecule has 120 valence electrons. The molecule has 5 atom stereocenters. The van der Waals surface area contributed by atoms with Crippen LogP contribution in [0.25, 0.3) is 0 Å². The maximum absolute atomic E-state index is 11.3. The highest BCUT2D eigenvalue weighted by molar-refractivity contribution is 9.09. The quantitative estimate of drug-likeness (QED) is 0.386. The minimum absolute atomic E-state index is 0.0607. The van der Waals surface area contributed by atoms with E-state index in [0.717, 1.165) is 0 Å². The summed E-state index contributed by atoms with van der Waals surface area (Å²) in [5, 5.41) is 0.567. The smallest absolute Gasteiger partial charge is 0.303 e. The summed E-state index contributed by atoms with van der Waals surface area (Å²) in [6.07, 6.45) is -1.59. The lowest BCUT2D eigenvalue weighted by molar-refractivity contribution is -0.193. The van der Waals surface area contributed by atoms with Crippen molar-refractivity contribution < 1.29 is 28.6 Å². The number of ether oxygens (including phenoxy) is 3. The SMILES string of the molecule is CC(=O)O[C@@H]1[C@H](OC(C)=O)[C@@H](CBr)C[C@@H](Br)[C@H]1OC(C)=O. The third-order valence-electron chi connectivity index (χ3n) is 3.10. The van der Waals surface area contributed by atoms with E-state index in [2.05, 4.69) is 31.9 Å². The number of carbonyl (C=O) groups excluding carboxylic acids is 3. The lowest BCUT2D eigenvalue weighted by Gasteiger charge is -2.42. The van der Waals surface area contributed by atoms with Crippen LogP contribution < -0.4 is 0 Å². The second-order valence-electron chi connectivity index (χ2n) is 4.89. The van der Waals surface area contributed by atoms with Crippen LogP contribution in [0.4, 0.5) is 0 Å². The first-order chi connectivity index (χ1) is 9.76. The summed E-state index contributed by atoms with van der Waals surface area (Å²) in [7, 11) is 0. The van der Waals surface area contributed by atoms with E-state index in [1.165, 1.54) is 20.8 Å². The van der Waals surface area contributed by atoms with Crippen molar-refractivity contribution in [2.45, 2.75) is 50.3 Å². The van der Waals surface area contributed by atoms with Crippen molar-refractivity contribution in [2.75, 3.05) is 5.33 Å². The molecule has 0 aliphatic heterocycles. The highest BCUT2D eigenvalue weighted by Crippen LogP contribution is 2.36. The van der Waals surface area contributed by atoms with Gasteiger partial charge in [0.05, 0.1) is 4.83 Å². The van der Waals surface area contributed by atoms with Crippen LogP contribution in [0.5, 0.6) is 0 Å². The maximum Gasteiger partial charge on any atom is 0.303 e. The van der Waals surface area contributed by atoms with E-state index in [9.17, 15) is 14.4 Å². The molecular weight excluding hydrogens is 412 g/mol. The molecule has 0 saturated heterocycles. The largest absolute Gasteiger partial charge is 0.458 e. The molecule has 1 fully saturated rings. The average Bonchev–Trinajstić information content (AvgIpc) is 2.35. The fraction of sp³-hybridized carbons (Fsp3) is 0.769. The van der Waals surface area contributed by atoms with Gasteiger partial charge in [-0.1, -0.05) is 31.9 Å². The Morgan fingerprint density at radius 3 is 1.76 bits per heavy atom. The predicted octanol–water partition coefficient (Wildman–Crippen LogP) is 1.96. The molecule has 0 heterocycles. The van der Waals surface area contributed by atoms with Crippen molar-refractivity contribution in [1.82, 2.24) is 0 Å². The molecule has 1 rings (SSSR count). The van der Waals surface area contributed by atoms with Crippen molar-refractivity contribution in [1.29, 1.82) is 0 Å². The summed E-state index contributed by atoms with van der Waals surface area (Å²) in [5.74, 6) is -1.54. The lowest BCUT2D eigenvalue weighted by atomic mass is 9.83. The standard InChI is InChI=1S/C13H18Br2O6/c1-6(16)19-11-9(5-14)4-10(15)12(20-7(2)17)13(11)21-8(3)18/h9-13H,4-5H2,1-3H3/t9-,10-,11-,12-,13-/m1/s1. The molecule has 21 heavy (non-hydrogen) atoms. The summed E-state index contributed by atoms with van der Waals surface area (Å²) < 4.78 is 15.8. The molecular formula is C13H18Br2O6. The van der Waals surface area contributed by atoms with Crippen LogP contribution in [0, 0.1) is 5.92 Å². The minimum atomic E-state index is -0.837. The summed E-state index contributed by atoms with van der Waals surface area (Å²) in [6.45, 7) is 3.83. The Hall–Kier alpha value is -0.630. The monoisotopic (exact) mass is 428 g/mol. The number of carbonyl (C=O) groups is 3. The van der Waals surface area contributed by atoms with Crippen molar-refractivity contribution in [3.05, 3.63) is 0 Å². The van der Waals surface area contributed by atoms with Crippen molar-refractivity contribution in [3.63, 3.8) is 0 Å². The average molecular weight is 430 g/mol. The van der Waals surface area contributed by atoms with Gasteiger partial charge in [0, 0.05) is 32.0 Å². The molecule has 0 aromatic rings. The number of halogens is 2. The zero-order valence-corrected chi connectivity index (χ0v) is 15.2. The van der Waals surface area contributed by atoms with Crippen LogP contribution in [-0.2, 0) is 28.6 Å². The van der Waals surface area contributed by atoms with E-state index in [1.807, 2.05) is 0 Å². The van der Waals surface area contributed by atoms with Gasteiger partial charge in [0.25, 0.3) is 0 Å². The van der Waals surface area contributed by atoms with E-state index in [-0.39, 0.29) is 10.7 Å². The fourth-order valence-electron chi connectivity index (χ4n) is 2.38. The van der Waals surface area contributed by atoms with Gasteiger partial charge < -0.3 is 14.2 Å². The normalized spacial score (nSPS) is 32.1. The number of hydrogen-bond acceptors (Lipinski definition) is 6. The molecule has 1 saturated carbocycles. The molecule has 0 aromatic carbocycles. The third-order valence-corrected chi connectivity index (χ3v) is 4.83. The van der Waals surface area contributed by atoms with Gasteiger partial charge in [-0.2, -0.15) is 0 Å². The van der Waals surface area contributed by atoms with Gasteiger partial charge in [0.1, 0.15) is 6.10 Å². The first kappa shape index (κ1) is 18.4. The molecule has 8 heteroatoms.